The van der Waals surface area contributed by atoms with E-state index >= 15 is 0 Å². The lowest BCUT2D eigenvalue weighted by atomic mass is 10.4. The summed E-state index contributed by atoms with van der Waals surface area (Å²) < 4.78 is 2.05. The number of hydrogen-bond donors (Lipinski definition) is 1. The molecule has 0 saturated carbocycles. The number of imidazole rings is 1. The molecule has 0 amide bonds. The number of allylic oxidation sites excluding steroid dienone is 1. The van der Waals surface area contributed by atoms with Crippen molar-refractivity contribution in [2.75, 3.05) is 0 Å². The average Bonchev–Trinajstić information content (AvgIpc) is 2.34. The van der Waals surface area contributed by atoms with E-state index < -0.39 is 0 Å². The molecule has 0 spiro atoms. The Morgan fingerprint density at radius 3 is 3.09 bits per heavy atom. The van der Waals surface area contributed by atoms with Crippen LogP contribution in [-0.2, 0) is 13.1 Å². The van der Waals surface area contributed by atoms with Gasteiger partial charge >= 0.3 is 0 Å². The van der Waals surface area contributed by atoms with Gasteiger partial charge in [0, 0.05) is 19.3 Å². The second-order valence-electron chi connectivity index (χ2n) is 2.40. The number of aromatic nitrogens is 2. The van der Waals surface area contributed by atoms with Gasteiger partial charge < -0.3 is 10.3 Å². The summed E-state index contributed by atoms with van der Waals surface area (Å²) in [4.78, 5) is 4.14. The molecule has 2 N–H and O–H groups in total. The Bertz CT molecular complexity index is 250. The highest BCUT2D eigenvalue weighted by Gasteiger charge is 2.01. The molecule has 0 aromatic carbocycles. The number of nitrogens with zero attached hydrogens (tertiary/aromatic N) is 2. The molecule has 0 fully saturated rings. The lowest BCUT2D eigenvalue weighted by molar-refractivity contribution is 0.729. The third kappa shape index (κ3) is 1.49. The van der Waals surface area contributed by atoms with Gasteiger partial charge in [-0.05, 0) is 6.92 Å². The molecule has 0 radical (unpaired) electrons. The molecule has 0 unspecified atom stereocenters. The van der Waals surface area contributed by atoms with Crippen molar-refractivity contribution >= 4 is 0 Å². The zero-order valence-corrected chi connectivity index (χ0v) is 6.75. The highest BCUT2D eigenvalue weighted by molar-refractivity contribution is 5.04. The summed E-state index contributed by atoms with van der Waals surface area (Å²) in [6.45, 7) is 6.95. The van der Waals surface area contributed by atoms with Crippen LogP contribution in [0.1, 0.15) is 11.5 Å². The highest BCUT2D eigenvalue weighted by Crippen LogP contribution is 2.03. The molecule has 0 aliphatic carbocycles. The minimum atomic E-state index is 0.536. The minimum Gasteiger partial charge on any atom is -0.327 e. The molecule has 1 aromatic rings. The topological polar surface area (TPSA) is 43.8 Å². The predicted molar refractivity (Wildman–Crippen MR) is 45.1 cm³/mol. The van der Waals surface area contributed by atoms with E-state index in [9.17, 15) is 0 Å². The van der Waals surface area contributed by atoms with Crippen LogP contribution in [0.15, 0.2) is 18.9 Å². The number of rotatable bonds is 3. The van der Waals surface area contributed by atoms with Gasteiger partial charge in [-0.1, -0.05) is 6.08 Å². The van der Waals surface area contributed by atoms with Crippen molar-refractivity contribution in [1.82, 2.24) is 9.55 Å². The summed E-state index contributed by atoms with van der Waals surface area (Å²) in [6, 6.07) is 0. The van der Waals surface area contributed by atoms with Gasteiger partial charge in [-0.15, -0.1) is 6.58 Å². The normalized spacial score (nSPS) is 10.0. The molecule has 0 bridgehead atoms. The van der Waals surface area contributed by atoms with Crippen molar-refractivity contribution in [3.63, 3.8) is 0 Å². The van der Waals surface area contributed by atoms with E-state index in [0.717, 1.165) is 18.1 Å². The molecule has 1 rings (SSSR count). The van der Waals surface area contributed by atoms with Crippen LogP contribution >= 0.6 is 0 Å². The van der Waals surface area contributed by atoms with Crippen molar-refractivity contribution in [3.05, 3.63) is 30.4 Å². The van der Waals surface area contributed by atoms with E-state index in [2.05, 4.69) is 11.6 Å². The Kier molecular flexibility index (Phi) is 2.44. The lowest BCUT2D eigenvalue weighted by Crippen LogP contribution is -2.07. The first-order valence-electron chi connectivity index (χ1n) is 3.61. The molecule has 3 heteroatoms. The van der Waals surface area contributed by atoms with Crippen LogP contribution in [0, 0.1) is 6.92 Å². The van der Waals surface area contributed by atoms with Crippen LogP contribution in [0.4, 0.5) is 0 Å². The van der Waals surface area contributed by atoms with Gasteiger partial charge in [0.05, 0.1) is 5.69 Å². The molecule has 1 heterocycles. The first-order valence-corrected chi connectivity index (χ1v) is 3.61. The molecule has 1 aromatic heterocycles. The van der Waals surface area contributed by atoms with Crippen LogP contribution in [-0.4, -0.2) is 9.55 Å². The summed E-state index contributed by atoms with van der Waals surface area (Å²) in [5.74, 6) is 0.991. The van der Waals surface area contributed by atoms with Crippen LogP contribution in [0.3, 0.4) is 0 Å². The van der Waals surface area contributed by atoms with E-state index in [4.69, 9.17) is 5.73 Å². The maximum Gasteiger partial charge on any atom is 0.106 e. The second kappa shape index (κ2) is 3.34. The number of nitrogens with two attached hydrogens (primary N) is 1. The molecule has 0 saturated heterocycles. The summed E-state index contributed by atoms with van der Waals surface area (Å²) in [6.07, 6.45) is 3.65. The van der Waals surface area contributed by atoms with Crippen molar-refractivity contribution in [1.29, 1.82) is 0 Å². The third-order valence-corrected chi connectivity index (χ3v) is 1.66. The molecule has 0 aliphatic rings. The highest BCUT2D eigenvalue weighted by atomic mass is 15.1. The Labute approximate surface area is 66.5 Å². The Morgan fingerprint density at radius 2 is 2.55 bits per heavy atom. The van der Waals surface area contributed by atoms with E-state index in [-0.39, 0.29) is 0 Å². The predicted octanol–water partition coefficient (Wildman–Crippen LogP) is 0.836. The van der Waals surface area contributed by atoms with Gasteiger partial charge in [0.1, 0.15) is 5.82 Å². The van der Waals surface area contributed by atoms with Crippen molar-refractivity contribution in [3.8, 4) is 0 Å². The van der Waals surface area contributed by atoms with Crippen LogP contribution < -0.4 is 5.73 Å². The van der Waals surface area contributed by atoms with Gasteiger partial charge in [-0.3, -0.25) is 0 Å². The minimum absolute atomic E-state index is 0.536. The van der Waals surface area contributed by atoms with Crippen molar-refractivity contribution < 1.29 is 0 Å². The Hall–Kier alpha value is -1.09. The molecule has 3 nitrogen and oxygen atoms in total. The van der Waals surface area contributed by atoms with Crippen LogP contribution in [0.5, 0.6) is 0 Å². The number of aryl methyl sites for hydroxylation is 1. The SMILES string of the molecule is C=CCn1c(CN)cnc1C. The first-order chi connectivity index (χ1) is 5.29. The van der Waals surface area contributed by atoms with Gasteiger partial charge in [0.2, 0.25) is 0 Å². The van der Waals surface area contributed by atoms with Crippen LogP contribution in [0.2, 0.25) is 0 Å². The van der Waals surface area contributed by atoms with E-state index in [1.54, 1.807) is 6.20 Å². The van der Waals surface area contributed by atoms with Gasteiger partial charge in [-0.2, -0.15) is 0 Å². The van der Waals surface area contributed by atoms with Gasteiger partial charge in [0.15, 0.2) is 0 Å². The Morgan fingerprint density at radius 1 is 1.82 bits per heavy atom. The fraction of sp³-hybridized carbons (Fsp3) is 0.375. The van der Waals surface area contributed by atoms with E-state index in [1.807, 2.05) is 17.6 Å². The quantitative estimate of drug-likeness (QED) is 0.650. The fourth-order valence-electron chi connectivity index (χ4n) is 1.06. The zero-order valence-electron chi connectivity index (χ0n) is 6.75. The average molecular weight is 151 g/mol. The van der Waals surface area contributed by atoms with Crippen molar-refractivity contribution in [2.45, 2.75) is 20.0 Å². The standard InChI is InChI=1S/C8H13N3/c1-3-4-11-7(2)10-6-8(11)5-9/h3,6H,1,4-5,9H2,2H3. The molecule has 0 aliphatic heterocycles. The molecule has 11 heavy (non-hydrogen) atoms. The Balaban J connectivity index is 2.96. The van der Waals surface area contributed by atoms with Gasteiger partial charge in [-0.25, -0.2) is 4.98 Å². The zero-order chi connectivity index (χ0) is 8.27. The van der Waals surface area contributed by atoms with Crippen LogP contribution in [0.25, 0.3) is 0 Å². The molecular weight excluding hydrogens is 138 g/mol. The maximum atomic E-state index is 5.50. The first kappa shape index (κ1) is 8.01. The molecule has 0 atom stereocenters. The smallest absolute Gasteiger partial charge is 0.106 e. The second-order valence-corrected chi connectivity index (χ2v) is 2.40. The monoisotopic (exact) mass is 151 g/mol. The lowest BCUT2D eigenvalue weighted by Gasteiger charge is -2.04. The van der Waals surface area contributed by atoms with E-state index in [0.29, 0.717) is 6.54 Å². The summed E-state index contributed by atoms with van der Waals surface area (Å²) >= 11 is 0. The van der Waals surface area contributed by atoms with E-state index in [1.165, 1.54) is 0 Å². The fourth-order valence-corrected chi connectivity index (χ4v) is 1.06. The molecular formula is C8H13N3. The number of hydrogen-bond acceptors (Lipinski definition) is 2. The summed E-state index contributed by atoms with van der Waals surface area (Å²) in [5.41, 5.74) is 6.56. The maximum absolute atomic E-state index is 5.50. The van der Waals surface area contributed by atoms with Crippen molar-refractivity contribution in [2.24, 2.45) is 5.73 Å². The summed E-state index contributed by atoms with van der Waals surface area (Å²) in [7, 11) is 0. The summed E-state index contributed by atoms with van der Waals surface area (Å²) in [5, 5.41) is 0. The molecule has 60 valence electrons. The largest absolute Gasteiger partial charge is 0.327 e. The third-order valence-electron chi connectivity index (χ3n) is 1.66. The van der Waals surface area contributed by atoms with Gasteiger partial charge in [0.25, 0.3) is 0 Å².